The molecular formula is C61H87N19O6. The lowest BCUT2D eigenvalue weighted by Gasteiger charge is -2.28. The molecule has 0 saturated heterocycles. The number of Topliss-reactive ketones (excluding diaryl/α,β-unsaturated/α-hetero) is 2. The number of allylic oxidation sites excluding steroid dienone is 2. The van der Waals surface area contributed by atoms with Crippen molar-refractivity contribution in [3.8, 4) is 0 Å². The highest BCUT2D eigenvalue weighted by Crippen LogP contribution is 2.28. The summed E-state index contributed by atoms with van der Waals surface area (Å²) >= 11 is 0. The molecule has 462 valence electrons. The number of rotatable bonds is 7. The van der Waals surface area contributed by atoms with Gasteiger partial charge < -0.3 is 30.1 Å². The summed E-state index contributed by atoms with van der Waals surface area (Å²) in [6.07, 6.45) is 17.9. The molecule has 86 heavy (non-hydrogen) atoms. The molecular weight excluding hydrogens is 1090 g/mol. The highest BCUT2D eigenvalue weighted by molar-refractivity contribution is 6.13. The van der Waals surface area contributed by atoms with E-state index in [2.05, 4.69) is 82.5 Å². The minimum Gasteiger partial charge on any atom is -0.387 e. The van der Waals surface area contributed by atoms with E-state index in [0.717, 1.165) is 39.4 Å². The van der Waals surface area contributed by atoms with Crippen LogP contribution >= 0.6 is 0 Å². The molecule has 25 nitrogen and oxygen atoms in total. The fourth-order valence-corrected chi connectivity index (χ4v) is 8.00. The maximum absolute atomic E-state index is 11.5. The van der Waals surface area contributed by atoms with Crippen molar-refractivity contribution < 1.29 is 19.2 Å². The molecule has 10 rings (SSSR count). The van der Waals surface area contributed by atoms with Gasteiger partial charge in [0.15, 0.2) is 40.2 Å². The Bertz CT molecular complexity index is 3650. The predicted octanol–water partition coefficient (Wildman–Crippen LogP) is 10.4. The van der Waals surface area contributed by atoms with Crippen molar-refractivity contribution in [3.63, 3.8) is 0 Å². The van der Waals surface area contributed by atoms with Crippen LogP contribution in [0.2, 0.25) is 0 Å². The molecule has 0 atom stereocenters. The van der Waals surface area contributed by atoms with Gasteiger partial charge in [-0.25, -0.2) is 54.1 Å². The third-order valence-electron chi connectivity index (χ3n) is 13.2. The summed E-state index contributed by atoms with van der Waals surface area (Å²) in [5.41, 5.74) is 13.9. The number of ketones is 2. The standard InChI is InChI=1S/C9H12N4O.C9H12N4.C9H11N3O.2C9H14N2O.2C8H12N2O/c1-5(2)13-4-11-8-6(14)3-7(10)12-9(8)13;1-6(2)13-5-12-8-7(3)10-4-11-9(8)13;1-6(2)12-5-11-8-7(13)3-4-10-9(8)12;2*1-6(2)11-5-7(3)8(4)10-9(11)12;2*1-6(2)10-5-4-7(3)9-8(10)11/h4-5H,3H2,1-2H3,(H2,10,12);4-6H,1-3H3;4-6H,3H2,1-2H3;5-6H,1-4H3;5-6H,4H2,1-3H3,(H,10,12);4-6H,1-3H3;4-6H,3H2,1-2H3,(H,9,11). The Kier molecular flexibility index (Phi) is 25.0. The first-order chi connectivity index (χ1) is 40.2. The second-order valence-electron chi connectivity index (χ2n) is 22.5. The van der Waals surface area contributed by atoms with Crippen molar-refractivity contribution in [1.29, 1.82) is 0 Å². The van der Waals surface area contributed by atoms with E-state index in [0.29, 0.717) is 58.8 Å². The van der Waals surface area contributed by atoms with Crippen LogP contribution in [0.25, 0.3) is 11.2 Å². The maximum Gasteiger partial charge on any atom is 0.348 e. The molecule has 4 amide bonds. The normalized spacial score (nSPS) is 14.2. The lowest BCUT2D eigenvalue weighted by molar-refractivity contribution is 0.0987. The van der Waals surface area contributed by atoms with Gasteiger partial charge in [0.2, 0.25) is 0 Å². The number of hydrogen-bond donors (Lipinski definition) is 3. The van der Waals surface area contributed by atoms with Crippen LogP contribution in [0.1, 0.15) is 191 Å². The lowest BCUT2D eigenvalue weighted by Crippen LogP contribution is -2.43. The van der Waals surface area contributed by atoms with Crippen LogP contribution in [0.5, 0.6) is 0 Å². The van der Waals surface area contributed by atoms with Gasteiger partial charge in [-0.2, -0.15) is 9.97 Å². The number of nitrogens with zero attached hydrogens (tertiary/aromatic N) is 16. The van der Waals surface area contributed by atoms with Crippen molar-refractivity contribution in [2.75, 3.05) is 0 Å². The Hall–Kier alpha value is -9.29. The molecule has 0 bridgehead atoms. The number of amides is 4. The molecule has 0 spiro atoms. The Morgan fingerprint density at radius 1 is 0.570 bits per heavy atom. The molecule has 4 aliphatic heterocycles. The number of nitrogens with two attached hydrogens (primary N) is 1. The van der Waals surface area contributed by atoms with Gasteiger partial charge >= 0.3 is 23.4 Å². The van der Waals surface area contributed by atoms with Crippen LogP contribution < -0.4 is 27.7 Å². The largest absolute Gasteiger partial charge is 0.387 e. The Balaban J connectivity index is 0.000000215. The van der Waals surface area contributed by atoms with E-state index in [4.69, 9.17) is 5.73 Å². The second kappa shape index (κ2) is 31.0. The maximum atomic E-state index is 11.5. The van der Waals surface area contributed by atoms with Crippen molar-refractivity contribution >= 4 is 58.5 Å². The average molecular weight is 1180 g/mol. The van der Waals surface area contributed by atoms with Crippen LogP contribution in [0.3, 0.4) is 0 Å². The summed E-state index contributed by atoms with van der Waals surface area (Å²) in [7, 11) is 0. The predicted molar refractivity (Wildman–Crippen MR) is 337 cm³/mol. The number of fused-ring (bicyclic) bond motifs is 3. The molecule has 0 aromatic carbocycles. The zero-order valence-corrected chi connectivity index (χ0v) is 53.4. The van der Waals surface area contributed by atoms with E-state index >= 15 is 0 Å². The number of urea groups is 2. The molecule has 0 saturated carbocycles. The number of hydrogen-bond acceptors (Lipinski definition) is 16. The van der Waals surface area contributed by atoms with Crippen molar-refractivity contribution in [1.82, 2.24) is 78.2 Å². The third kappa shape index (κ3) is 18.6. The summed E-state index contributed by atoms with van der Waals surface area (Å²) in [6, 6.07) is 3.30. The number of aryl methyl sites for hydroxylation is 4. The first-order valence-corrected chi connectivity index (χ1v) is 28.5. The van der Waals surface area contributed by atoms with Crippen LogP contribution in [0, 0.1) is 27.7 Å². The Labute approximate surface area is 503 Å². The molecule has 0 radical (unpaired) electrons. The monoisotopic (exact) mass is 1180 g/mol. The number of carbonyl (C=O) groups excluding carboxylic acids is 4. The number of aliphatic imine (C=N–C) groups is 2. The SMILES string of the molecule is C=C1C=CN(C(C)C)C(=O)N1.C=C1NC(=O)N(C(C)C)C=C1C.CC(C)n1cnc2c1N=C(N)CC2=O.CC(C)n1cnc2c1N=CCC2=O.Cc1ccn(C(C)C)c(=O)n1.Cc1cn(C(C)C)c(=O)nc1C.Cc1ncnc2c1ncn2C(C)C. The smallest absolute Gasteiger partial charge is 0.348 e. The quantitative estimate of drug-likeness (QED) is 0.134. The Morgan fingerprint density at radius 2 is 1.10 bits per heavy atom. The van der Waals surface area contributed by atoms with Gasteiger partial charge in [0, 0.05) is 103 Å². The van der Waals surface area contributed by atoms with Gasteiger partial charge in [-0.1, -0.05) is 13.2 Å². The number of imidazole rings is 3. The summed E-state index contributed by atoms with van der Waals surface area (Å²) < 4.78 is 9.04. The van der Waals surface area contributed by atoms with Gasteiger partial charge in [0.1, 0.15) is 17.7 Å². The molecule has 0 fully saturated rings. The zero-order chi connectivity index (χ0) is 64.6. The summed E-state index contributed by atoms with van der Waals surface area (Å²) in [5, 5.41) is 5.30. The summed E-state index contributed by atoms with van der Waals surface area (Å²) in [6.45, 7) is 44.8. The van der Waals surface area contributed by atoms with Gasteiger partial charge in [-0.05, 0) is 155 Å². The van der Waals surface area contributed by atoms with Crippen molar-refractivity contribution in [2.45, 2.75) is 187 Å². The van der Waals surface area contributed by atoms with Crippen molar-refractivity contribution in [2.24, 2.45) is 15.7 Å². The molecule has 4 N–H and O–H groups in total. The van der Waals surface area contributed by atoms with E-state index in [9.17, 15) is 28.8 Å². The third-order valence-corrected chi connectivity index (χ3v) is 13.2. The van der Waals surface area contributed by atoms with Crippen molar-refractivity contribution in [3.05, 3.63) is 147 Å². The zero-order valence-electron chi connectivity index (χ0n) is 53.4. The molecule has 6 aromatic heterocycles. The van der Waals surface area contributed by atoms with Crippen LogP contribution in [-0.2, 0) is 0 Å². The topological polar surface area (TPSA) is 299 Å². The lowest BCUT2D eigenvalue weighted by atomic mass is 10.1. The molecule has 25 heteroatoms. The van der Waals surface area contributed by atoms with E-state index in [-0.39, 0.29) is 71.6 Å². The van der Waals surface area contributed by atoms with E-state index in [1.54, 1.807) is 62.6 Å². The molecule has 6 aromatic rings. The first-order valence-electron chi connectivity index (χ1n) is 28.5. The second-order valence-corrected chi connectivity index (χ2v) is 22.5. The Morgan fingerprint density at radius 3 is 1.65 bits per heavy atom. The van der Waals surface area contributed by atoms with E-state index < -0.39 is 0 Å². The van der Waals surface area contributed by atoms with Gasteiger partial charge in [-0.3, -0.25) is 28.5 Å². The molecule has 10 heterocycles. The summed E-state index contributed by atoms with van der Waals surface area (Å²) in [5.74, 6) is 1.67. The minimum atomic E-state index is -0.167. The van der Waals surface area contributed by atoms with Crippen LogP contribution in [0.4, 0.5) is 21.2 Å². The molecule has 0 unspecified atom stereocenters. The molecule has 4 aliphatic rings. The van der Waals surface area contributed by atoms with Gasteiger partial charge in [0.25, 0.3) is 0 Å². The number of amidine groups is 1. The number of nitrogens with one attached hydrogen (secondary N) is 2. The highest BCUT2D eigenvalue weighted by atomic mass is 16.2. The molecule has 0 aliphatic carbocycles. The minimum absolute atomic E-state index is 0.0492. The van der Waals surface area contributed by atoms with Crippen LogP contribution in [-0.4, -0.2) is 115 Å². The fraction of sp³-hybridized carbons (Fsp3) is 0.459. The van der Waals surface area contributed by atoms with Crippen LogP contribution in [0.15, 0.2) is 112 Å². The number of aromatic nitrogens is 12. The fourth-order valence-electron chi connectivity index (χ4n) is 8.00. The van der Waals surface area contributed by atoms with Gasteiger partial charge in [0.05, 0.1) is 31.1 Å². The van der Waals surface area contributed by atoms with E-state index in [1.807, 2.05) is 156 Å². The number of carbonyl (C=O) groups is 4. The average Bonchev–Trinajstić information content (AvgIpc) is 2.22. The first kappa shape index (κ1) is 69.2. The summed E-state index contributed by atoms with van der Waals surface area (Å²) in [4.78, 5) is 108. The van der Waals surface area contributed by atoms with E-state index in [1.165, 1.54) is 0 Å². The highest BCUT2D eigenvalue weighted by Gasteiger charge is 2.25. The van der Waals surface area contributed by atoms with Gasteiger partial charge in [-0.15, -0.1) is 0 Å².